The molecule has 7 heteroatoms. The van der Waals surface area contributed by atoms with Crippen LogP contribution in [0.15, 0.2) is 51.4 Å². The van der Waals surface area contributed by atoms with E-state index in [0.29, 0.717) is 30.0 Å². The van der Waals surface area contributed by atoms with Gasteiger partial charge in [0.2, 0.25) is 0 Å². The Morgan fingerprint density at radius 2 is 1.70 bits per heavy atom. The summed E-state index contributed by atoms with van der Waals surface area (Å²) in [6.45, 7) is 2.45. The number of hydrogen-bond acceptors (Lipinski definition) is 4. The lowest BCUT2D eigenvalue weighted by molar-refractivity contribution is 0.0911. The number of furan rings is 1. The summed E-state index contributed by atoms with van der Waals surface area (Å²) in [5, 5.41) is 6.41. The van der Waals surface area contributed by atoms with E-state index in [9.17, 15) is 9.59 Å². The number of nitrogens with one attached hydrogen (secondary N) is 2. The van der Waals surface area contributed by atoms with Crippen LogP contribution in [-0.4, -0.2) is 32.0 Å². The first-order valence-electron chi connectivity index (χ1n) is 8.38. The zero-order valence-electron chi connectivity index (χ0n) is 15.0. The largest absolute Gasteiger partial charge is 0.497 e. The van der Waals surface area contributed by atoms with Crippen LogP contribution in [0.25, 0.3) is 11.0 Å². The molecule has 0 unspecified atom stereocenters. The lowest BCUT2D eigenvalue weighted by Gasteiger charge is -2.07. The number of benzene rings is 2. The summed E-state index contributed by atoms with van der Waals surface area (Å²) in [4.78, 5) is 24.4. The zero-order chi connectivity index (χ0) is 19.4. The second-order valence-electron chi connectivity index (χ2n) is 5.94. The van der Waals surface area contributed by atoms with E-state index in [1.807, 2.05) is 25.1 Å². The van der Waals surface area contributed by atoms with Gasteiger partial charge in [-0.1, -0.05) is 15.9 Å². The van der Waals surface area contributed by atoms with Crippen molar-refractivity contribution < 1.29 is 18.7 Å². The van der Waals surface area contributed by atoms with Crippen molar-refractivity contribution in [2.45, 2.75) is 6.92 Å². The van der Waals surface area contributed by atoms with Gasteiger partial charge in [-0.2, -0.15) is 0 Å². The molecule has 0 aliphatic heterocycles. The Balaban J connectivity index is 1.53. The molecule has 6 nitrogen and oxygen atoms in total. The highest BCUT2D eigenvalue weighted by molar-refractivity contribution is 9.10. The molecule has 2 aromatic carbocycles. The predicted octanol–water partition coefficient (Wildman–Crippen LogP) is 3.67. The quantitative estimate of drug-likeness (QED) is 0.584. The first-order valence-corrected chi connectivity index (χ1v) is 9.18. The number of carbonyl (C=O) groups excluding carboxylic acids is 2. The van der Waals surface area contributed by atoms with E-state index in [0.717, 1.165) is 15.4 Å². The molecule has 0 saturated heterocycles. The van der Waals surface area contributed by atoms with E-state index in [-0.39, 0.29) is 17.6 Å². The molecule has 3 rings (SSSR count). The van der Waals surface area contributed by atoms with Crippen LogP contribution >= 0.6 is 15.9 Å². The molecule has 3 aromatic rings. The number of carbonyl (C=O) groups is 2. The summed E-state index contributed by atoms with van der Waals surface area (Å²) in [5.74, 6) is 0.451. The molecule has 0 bridgehead atoms. The topological polar surface area (TPSA) is 80.6 Å². The Kier molecular flexibility index (Phi) is 5.81. The maximum Gasteiger partial charge on any atom is 0.287 e. The van der Waals surface area contributed by atoms with E-state index >= 15 is 0 Å². The van der Waals surface area contributed by atoms with E-state index in [1.54, 1.807) is 31.4 Å². The average molecular weight is 431 g/mol. The van der Waals surface area contributed by atoms with Crippen molar-refractivity contribution in [3.05, 3.63) is 63.8 Å². The number of amides is 2. The van der Waals surface area contributed by atoms with E-state index in [1.165, 1.54) is 0 Å². The third-order valence-electron chi connectivity index (χ3n) is 4.15. The molecular formula is C20H19BrN2O4. The minimum absolute atomic E-state index is 0.211. The summed E-state index contributed by atoms with van der Waals surface area (Å²) < 4.78 is 11.6. The monoisotopic (exact) mass is 430 g/mol. The number of methoxy groups -OCH3 is 1. The highest BCUT2D eigenvalue weighted by atomic mass is 79.9. The summed E-state index contributed by atoms with van der Waals surface area (Å²) in [5.41, 5.74) is 1.97. The van der Waals surface area contributed by atoms with E-state index in [2.05, 4.69) is 26.6 Å². The molecule has 0 saturated carbocycles. The predicted molar refractivity (Wildman–Crippen MR) is 106 cm³/mol. The normalized spacial score (nSPS) is 10.6. The Bertz CT molecular complexity index is 980. The fourth-order valence-corrected chi connectivity index (χ4v) is 3.05. The number of aryl methyl sites for hydroxylation is 1. The highest BCUT2D eigenvalue weighted by Crippen LogP contribution is 2.27. The average Bonchev–Trinajstić information content (AvgIpc) is 3.01. The third kappa shape index (κ3) is 4.31. The third-order valence-corrected chi connectivity index (χ3v) is 4.65. The molecular weight excluding hydrogens is 412 g/mol. The number of fused-ring (bicyclic) bond motifs is 1. The second-order valence-corrected chi connectivity index (χ2v) is 6.85. The van der Waals surface area contributed by atoms with Crippen LogP contribution < -0.4 is 15.4 Å². The number of hydrogen-bond donors (Lipinski definition) is 2. The molecule has 0 aliphatic carbocycles. The minimum atomic E-state index is -0.307. The van der Waals surface area contributed by atoms with Crippen molar-refractivity contribution in [3.8, 4) is 5.75 Å². The number of halogens is 1. The number of rotatable bonds is 6. The van der Waals surface area contributed by atoms with Crippen molar-refractivity contribution in [3.63, 3.8) is 0 Å². The summed E-state index contributed by atoms with van der Waals surface area (Å²) in [6.07, 6.45) is 0. The lowest BCUT2D eigenvalue weighted by atomic mass is 10.1. The maximum atomic E-state index is 12.4. The molecule has 1 heterocycles. The van der Waals surface area contributed by atoms with Gasteiger partial charge in [0, 0.05) is 34.1 Å². The van der Waals surface area contributed by atoms with Crippen molar-refractivity contribution in [1.82, 2.24) is 10.6 Å². The first-order chi connectivity index (χ1) is 13.0. The molecule has 0 aliphatic rings. The van der Waals surface area contributed by atoms with Gasteiger partial charge in [-0.05, 0) is 49.4 Å². The van der Waals surface area contributed by atoms with Crippen LogP contribution in [0, 0.1) is 6.92 Å². The van der Waals surface area contributed by atoms with Gasteiger partial charge in [0.1, 0.15) is 11.3 Å². The van der Waals surface area contributed by atoms with E-state index < -0.39 is 0 Å². The van der Waals surface area contributed by atoms with Crippen LogP contribution in [0.3, 0.4) is 0 Å². The molecule has 27 heavy (non-hydrogen) atoms. The SMILES string of the molecule is COc1ccc(C(=O)NCCNC(=O)c2oc3ccc(Br)cc3c2C)cc1. The summed E-state index contributed by atoms with van der Waals surface area (Å²) >= 11 is 3.42. The van der Waals surface area contributed by atoms with Crippen LogP contribution in [0.5, 0.6) is 5.75 Å². The molecule has 0 radical (unpaired) electrons. The number of ether oxygens (including phenoxy) is 1. The summed E-state index contributed by atoms with van der Waals surface area (Å²) in [7, 11) is 1.57. The van der Waals surface area contributed by atoms with Gasteiger partial charge in [0.25, 0.3) is 11.8 Å². The van der Waals surface area contributed by atoms with Crippen LogP contribution in [-0.2, 0) is 0 Å². The Hall–Kier alpha value is -2.80. The maximum absolute atomic E-state index is 12.4. The molecule has 0 fully saturated rings. The van der Waals surface area contributed by atoms with Crippen LogP contribution in [0.4, 0.5) is 0 Å². The lowest BCUT2D eigenvalue weighted by Crippen LogP contribution is -2.34. The van der Waals surface area contributed by atoms with Crippen LogP contribution in [0.2, 0.25) is 0 Å². The van der Waals surface area contributed by atoms with Gasteiger partial charge in [0.05, 0.1) is 7.11 Å². The smallest absolute Gasteiger partial charge is 0.287 e. The summed E-state index contributed by atoms with van der Waals surface area (Å²) in [6, 6.07) is 12.4. The van der Waals surface area contributed by atoms with Crippen molar-refractivity contribution >= 4 is 38.7 Å². The van der Waals surface area contributed by atoms with Gasteiger partial charge in [-0.3, -0.25) is 9.59 Å². The molecule has 2 amide bonds. The molecule has 0 spiro atoms. The van der Waals surface area contributed by atoms with Crippen molar-refractivity contribution in [2.24, 2.45) is 0 Å². The van der Waals surface area contributed by atoms with Gasteiger partial charge >= 0.3 is 0 Å². The highest BCUT2D eigenvalue weighted by Gasteiger charge is 2.17. The van der Waals surface area contributed by atoms with Gasteiger partial charge < -0.3 is 19.8 Å². The van der Waals surface area contributed by atoms with Gasteiger partial charge in [0.15, 0.2) is 5.76 Å². The fraction of sp³-hybridized carbons (Fsp3) is 0.200. The zero-order valence-corrected chi connectivity index (χ0v) is 16.6. The Morgan fingerprint density at radius 3 is 2.37 bits per heavy atom. The van der Waals surface area contributed by atoms with Crippen LogP contribution in [0.1, 0.15) is 26.5 Å². The van der Waals surface area contributed by atoms with Gasteiger partial charge in [-0.15, -0.1) is 0 Å². The standard InChI is InChI=1S/C20H19BrN2O4/c1-12-16-11-14(21)5-8-17(16)27-18(12)20(25)23-10-9-22-19(24)13-3-6-15(26-2)7-4-13/h3-8,11H,9-10H2,1-2H3,(H,22,24)(H,23,25). The van der Waals surface area contributed by atoms with Crippen molar-refractivity contribution in [2.75, 3.05) is 20.2 Å². The first kappa shape index (κ1) is 19.0. The molecule has 140 valence electrons. The molecule has 2 N–H and O–H groups in total. The van der Waals surface area contributed by atoms with E-state index in [4.69, 9.17) is 9.15 Å². The fourth-order valence-electron chi connectivity index (χ4n) is 2.69. The minimum Gasteiger partial charge on any atom is -0.497 e. The van der Waals surface area contributed by atoms with Gasteiger partial charge in [-0.25, -0.2) is 0 Å². The molecule has 1 aromatic heterocycles. The second kappa shape index (κ2) is 8.26. The van der Waals surface area contributed by atoms with Crippen molar-refractivity contribution in [1.29, 1.82) is 0 Å². The Labute approximate surface area is 165 Å². The Morgan fingerprint density at radius 1 is 1.04 bits per heavy atom. The molecule has 0 atom stereocenters.